The van der Waals surface area contributed by atoms with Gasteiger partial charge in [-0.15, -0.1) is 0 Å². The molecule has 1 atom stereocenters. The first kappa shape index (κ1) is 13.1. The van der Waals surface area contributed by atoms with Crippen LogP contribution in [0, 0.1) is 11.3 Å². The van der Waals surface area contributed by atoms with Crippen LogP contribution in [0.15, 0.2) is 0 Å². The lowest BCUT2D eigenvalue weighted by atomic mass is 9.81. The zero-order chi connectivity index (χ0) is 12.3. The topological polar surface area (TPSA) is 20.3 Å². The van der Waals surface area contributed by atoms with Crippen molar-refractivity contribution < 1.29 is 4.79 Å². The van der Waals surface area contributed by atoms with Gasteiger partial charge < -0.3 is 9.69 Å². The number of hydrogen-bond donors (Lipinski definition) is 0. The third-order valence-corrected chi connectivity index (χ3v) is 4.91. The van der Waals surface area contributed by atoms with Crippen LogP contribution in [0.1, 0.15) is 58.3 Å². The molecular weight excluding hydrogens is 210 g/mol. The van der Waals surface area contributed by atoms with Crippen LogP contribution in [0.2, 0.25) is 0 Å². The lowest BCUT2D eigenvalue weighted by Gasteiger charge is -2.35. The number of rotatable bonds is 5. The molecule has 2 aliphatic rings. The molecule has 0 aromatic heterocycles. The molecule has 2 fully saturated rings. The van der Waals surface area contributed by atoms with Crippen LogP contribution in [0.5, 0.6) is 0 Å². The summed E-state index contributed by atoms with van der Waals surface area (Å²) in [5.74, 6) is 0.898. The number of nitrogens with zero attached hydrogens (tertiary/aromatic N) is 1. The molecule has 0 saturated heterocycles. The monoisotopic (exact) mass is 237 g/mol. The summed E-state index contributed by atoms with van der Waals surface area (Å²) < 4.78 is 0. The number of carbonyl (C=O) groups is 1. The standard InChI is InChI=1S/C15H27NO/c1-13(14-7-8-14)16(2)11-15(12-17)9-5-3-4-6-10-15/h12-14H,3-11H2,1-2H3. The third kappa shape index (κ3) is 3.31. The lowest BCUT2D eigenvalue weighted by Crippen LogP contribution is -2.41. The third-order valence-electron chi connectivity index (χ3n) is 4.91. The number of aldehydes is 1. The van der Waals surface area contributed by atoms with Crippen molar-refractivity contribution in [2.75, 3.05) is 13.6 Å². The van der Waals surface area contributed by atoms with Gasteiger partial charge in [0, 0.05) is 18.0 Å². The maximum Gasteiger partial charge on any atom is 0.127 e. The Bertz CT molecular complexity index is 252. The molecule has 98 valence electrons. The maximum absolute atomic E-state index is 11.6. The molecule has 0 N–H and O–H groups in total. The first-order valence-corrected chi connectivity index (χ1v) is 7.33. The fourth-order valence-corrected chi connectivity index (χ4v) is 3.33. The molecule has 0 aromatic carbocycles. The normalized spacial score (nSPS) is 26.5. The van der Waals surface area contributed by atoms with E-state index in [0.717, 1.165) is 25.3 Å². The van der Waals surface area contributed by atoms with Crippen LogP contribution in [0.25, 0.3) is 0 Å². The summed E-state index contributed by atoms with van der Waals surface area (Å²) in [6, 6.07) is 0.662. The van der Waals surface area contributed by atoms with Gasteiger partial charge in [-0.2, -0.15) is 0 Å². The van der Waals surface area contributed by atoms with Crippen molar-refractivity contribution in [1.82, 2.24) is 4.90 Å². The molecule has 2 saturated carbocycles. The molecule has 0 heterocycles. The maximum atomic E-state index is 11.6. The smallest absolute Gasteiger partial charge is 0.127 e. The van der Waals surface area contributed by atoms with E-state index in [0.29, 0.717) is 6.04 Å². The molecule has 2 nitrogen and oxygen atoms in total. The highest BCUT2D eigenvalue weighted by atomic mass is 16.1. The Labute approximate surface area is 106 Å². The second-order valence-corrected chi connectivity index (χ2v) is 6.39. The fourth-order valence-electron chi connectivity index (χ4n) is 3.33. The Morgan fingerprint density at radius 1 is 1.24 bits per heavy atom. The van der Waals surface area contributed by atoms with Gasteiger partial charge in [0.15, 0.2) is 0 Å². The van der Waals surface area contributed by atoms with E-state index >= 15 is 0 Å². The second-order valence-electron chi connectivity index (χ2n) is 6.39. The quantitative estimate of drug-likeness (QED) is 0.540. The van der Waals surface area contributed by atoms with Crippen LogP contribution < -0.4 is 0 Å². The van der Waals surface area contributed by atoms with Gasteiger partial charge >= 0.3 is 0 Å². The average Bonchev–Trinajstić information content (AvgIpc) is 3.16. The summed E-state index contributed by atoms with van der Waals surface area (Å²) in [6.45, 7) is 3.31. The van der Waals surface area contributed by atoms with Crippen molar-refractivity contribution in [2.24, 2.45) is 11.3 Å². The summed E-state index contributed by atoms with van der Waals surface area (Å²) in [5, 5.41) is 0. The minimum Gasteiger partial charge on any atom is -0.303 e. The van der Waals surface area contributed by atoms with Crippen molar-refractivity contribution in [3.8, 4) is 0 Å². The van der Waals surface area contributed by atoms with Crippen LogP contribution in [-0.2, 0) is 4.79 Å². The fraction of sp³-hybridized carbons (Fsp3) is 0.933. The van der Waals surface area contributed by atoms with E-state index in [1.165, 1.54) is 44.8 Å². The second kappa shape index (κ2) is 5.51. The Morgan fingerprint density at radius 2 is 1.82 bits per heavy atom. The largest absolute Gasteiger partial charge is 0.303 e. The molecule has 0 aliphatic heterocycles. The van der Waals surface area contributed by atoms with E-state index < -0.39 is 0 Å². The highest BCUT2D eigenvalue weighted by molar-refractivity contribution is 5.59. The number of carbonyl (C=O) groups excluding carboxylic acids is 1. The summed E-state index contributed by atoms with van der Waals surface area (Å²) in [5.41, 5.74) is -0.0333. The summed E-state index contributed by atoms with van der Waals surface area (Å²) in [6.07, 6.45) is 11.4. The summed E-state index contributed by atoms with van der Waals surface area (Å²) >= 11 is 0. The molecule has 0 radical (unpaired) electrons. The van der Waals surface area contributed by atoms with Gasteiger partial charge in [-0.1, -0.05) is 25.7 Å². The zero-order valence-electron chi connectivity index (χ0n) is 11.5. The SMILES string of the molecule is CC(C1CC1)N(C)CC1(C=O)CCCCCC1. The van der Waals surface area contributed by atoms with E-state index in [1.807, 2.05) is 0 Å². The summed E-state index contributed by atoms with van der Waals surface area (Å²) in [4.78, 5) is 14.0. The molecule has 0 amide bonds. The molecule has 0 bridgehead atoms. The molecule has 2 aliphatic carbocycles. The van der Waals surface area contributed by atoms with Crippen LogP contribution in [0.3, 0.4) is 0 Å². The van der Waals surface area contributed by atoms with E-state index in [2.05, 4.69) is 18.9 Å². The van der Waals surface area contributed by atoms with Crippen LogP contribution in [0.4, 0.5) is 0 Å². The molecule has 2 heteroatoms. The minimum absolute atomic E-state index is 0.0333. The average molecular weight is 237 g/mol. The Balaban J connectivity index is 1.94. The van der Waals surface area contributed by atoms with Gasteiger partial charge in [-0.05, 0) is 45.6 Å². The van der Waals surface area contributed by atoms with Crippen molar-refractivity contribution >= 4 is 6.29 Å². The van der Waals surface area contributed by atoms with Gasteiger partial charge in [0.1, 0.15) is 6.29 Å². The first-order valence-electron chi connectivity index (χ1n) is 7.33. The lowest BCUT2D eigenvalue weighted by molar-refractivity contribution is -0.118. The van der Waals surface area contributed by atoms with Crippen LogP contribution in [-0.4, -0.2) is 30.8 Å². The number of hydrogen-bond acceptors (Lipinski definition) is 2. The Morgan fingerprint density at radius 3 is 2.29 bits per heavy atom. The predicted octanol–water partition coefficient (Wildman–Crippen LogP) is 3.26. The van der Waals surface area contributed by atoms with Gasteiger partial charge in [0.05, 0.1) is 0 Å². The first-order chi connectivity index (χ1) is 8.17. The van der Waals surface area contributed by atoms with Crippen molar-refractivity contribution in [1.29, 1.82) is 0 Å². The summed E-state index contributed by atoms with van der Waals surface area (Å²) in [7, 11) is 2.21. The van der Waals surface area contributed by atoms with Gasteiger partial charge in [-0.3, -0.25) is 0 Å². The Kier molecular flexibility index (Phi) is 4.24. The highest BCUT2D eigenvalue weighted by Gasteiger charge is 2.36. The van der Waals surface area contributed by atoms with E-state index in [1.54, 1.807) is 0 Å². The van der Waals surface area contributed by atoms with E-state index in [9.17, 15) is 4.79 Å². The predicted molar refractivity (Wildman–Crippen MR) is 71.0 cm³/mol. The van der Waals surface area contributed by atoms with Crippen LogP contribution >= 0.6 is 0 Å². The molecule has 17 heavy (non-hydrogen) atoms. The van der Waals surface area contributed by atoms with E-state index in [-0.39, 0.29) is 5.41 Å². The van der Waals surface area contributed by atoms with Crippen molar-refractivity contribution in [2.45, 2.75) is 64.3 Å². The molecule has 1 unspecified atom stereocenters. The molecule has 0 aromatic rings. The van der Waals surface area contributed by atoms with Gasteiger partial charge in [0.2, 0.25) is 0 Å². The van der Waals surface area contributed by atoms with E-state index in [4.69, 9.17) is 0 Å². The Hall–Kier alpha value is -0.370. The molecule has 0 spiro atoms. The zero-order valence-corrected chi connectivity index (χ0v) is 11.5. The highest BCUT2D eigenvalue weighted by Crippen LogP contribution is 2.38. The molecule has 2 rings (SSSR count). The van der Waals surface area contributed by atoms with Gasteiger partial charge in [-0.25, -0.2) is 0 Å². The van der Waals surface area contributed by atoms with Crippen molar-refractivity contribution in [3.63, 3.8) is 0 Å². The van der Waals surface area contributed by atoms with Gasteiger partial charge in [0.25, 0.3) is 0 Å². The van der Waals surface area contributed by atoms with Crippen molar-refractivity contribution in [3.05, 3.63) is 0 Å². The molecular formula is C15H27NO. The minimum atomic E-state index is -0.0333.